The van der Waals surface area contributed by atoms with Crippen molar-refractivity contribution in [2.75, 3.05) is 14.2 Å². The molecule has 4 nitrogen and oxygen atoms in total. The summed E-state index contributed by atoms with van der Waals surface area (Å²) in [5.74, 6) is 6.51. The van der Waals surface area contributed by atoms with Gasteiger partial charge in [-0.15, -0.1) is 0 Å². The summed E-state index contributed by atoms with van der Waals surface area (Å²) < 4.78 is 10.8. The SMILES string of the molecule is COc1ccccc1C(CCC(C)(C)OC)NN. The number of nitrogens with one attached hydrogen (secondary N) is 1. The zero-order chi connectivity index (χ0) is 13.6. The minimum absolute atomic E-state index is 0.0653. The van der Waals surface area contributed by atoms with Gasteiger partial charge in [0.05, 0.1) is 12.7 Å². The number of ether oxygens (including phenoxy) is 2. The molecule has 1 aromatic carbocycles. The van der Waals surface area contributed by atoms with Crippen LogP contribution in [0.15, 0.2) is 24.3 Å². The van der Waals surface area contributed by atoms with E-state index in [2.05, 4.69) is 19.3 Å². The Morgan fingerprint density at radius 3 is 2.50 bits per heavy atom. The second-order valence-corrected chi connectivity index (χ2v) is 4.96. The summed E-state index contributed by atoms with van der Waals surface area (Å²) in [5, 5.41) is 0. The van der Waals surface area contributed by atoms with E-state index in [-0.39, 0.29) is 11.6 Å². The van der Waals surface area contributed by atoms with Gasteiger partial charge in [-0.05, 0) is 32.8 Å². The van der Waals surface area contributed by atoms with Crippen molar-refractivity contribution in [2.45, 2.75) is 38.3 Å². The molecule has 0 amide bonds. The van der Waals surface area contributed by atoms with Crippen LogP contribution in [0.4, 0.5) is 0 Å². The number of nitrogens with two attached hydrogens (primary N) is 1. The number of hydrogen-bond donors (Lipinski definition) is 2. The first-order valence-electron chi connectivity index (χ1n) is 6.18. The molecule has 0 saturated heterocycles. The maximum Gasteiger partial charge on any atom is 0.123 e. The Labute approximate surface area is 109 Å². The van der Waals surface area contributed by atoms with Crippen molar-refractivity contribution in [3.63, 3.8) is 0 Å². The highest BCUT2D eigenvalue weighted by Gasteiger charge is 2.21. The number of rotatable bonds is 7. The van der Waals surface area contributed by atoms with Gasteiger partial charge >= 0.3 is 0 Å². The summed E-state index contributed by atoms with van der Waals surface area (Å²) >= 11 is 0. The summed E-state index contributed by atoms with van der Waals surface area (Å²) in [4.78, 5) is 0. The predicted molar refractivity (Wildman–Crippen MR) is 73.4 cm³/mol. The highest BCUT2D eigenvalue weighted by atomic mass is 16.5. The van der Waals surface area contributed by atoms with E-state index in [0.29, 0.717) is 0 Å². The quantitative estimate of drug-likeness (QED) is 0.578. The Kier molecular flexibility index (Phi) is 5.59. The van der Waals surface area contributed by atoms with Crippen molar-refractivity contribution in [1.82, 2.24) is 5.43 Å². The molecule has 4 heteroatoms. The molecule has 102 valence electrons. The van der Waals surface area contributed by atoms with Crippen molar-refractivity contribution in [2.24, 2.45) is 5.84 Å². The molecule has 0 radical (unpaired) electrons. The second kappa shape index (κ2) is 6.73. The van der Waals surface area contributed by atoms with Crippen molar-refractivity contribution in [3.05, 3.63) is 29.8 Å². The molecule has 0 aliphatic heterocycles. The average Bonchev–Trinajstić information content (AvgIpc) is 2.40. The standard InChI is InChI=1S/C14H24N2O2/c1-14(2,18-4)10-9-12(16-15)11-7-5-6-8-13(11)17-3/h5-8,12,16H,9-10,15H2,1-4H3. The van der Waals surface area contributed by atoms with E-state index < -0.39 is 0 Å². The molecule has 0 bridgehead atoms. The average molecular weight is 252 g/mol. The van der Waals surface area contributed by atoms with Crippen LogP contribution in [0.2, 0.25) is 0 Å². The van der Waals surface area contributed by atoms with Crippen molar-refractivity contribution in [3.8, 4) is 5.75 Å². The summed E-state index contributed by atoms with van der Waals surface area (Å²) in [6.07, 6.45) is 1.80. The van der Waals surface area contributed by atoms with Crippen molar-refractivity contribution < 1.29 is 9.47 Å². The zero-order valence-corrected chi connectivity index (χ0v) is 11.7. The topological polar surface area (TPSA) is 56.5 Å². The zero-order valence-electron chi connectivity index (χ0n) is 11.7. The van der Waals surface area contributed by atoms with Crippen LogP contribution < -0.4 is 16.0 Å². The molecule has 1 aromatic rings. The summed E-state index contributed by atoms with van der Waals surface area (Å²) in [7, 11) is 3.40. The van der Waals surface area contributed by atoms with Gasteiger partial charge in [-0.2, -0.15) is 0 Å². The molecular formula is C14H24N2O2. The van der Waals surface area contributed by atoms with E-state index >= 15 is 0 Å². The highest BCUT2D eigenvalue weighted by molar-refractivity contribution is 5.35. The molecule has 0 heterocycles. The van der Waals surface area contributed by atoms with E-state index in [1.165, 1.54) is 0 Å². The largest absolute Gasteiger partial charge is 0.496 e. The van der Waals surface area contributed by atoms with Gasteiger partial charge in [0, 0.05) is 18.7 Å². The van der Waals surface area contributed by atoms with Crippen LogP contribution in [0.5, 0.6) is 5.75 Å². The third kappa shape index (κ3) is 3.98. The van der Waals surface area contributed by atoms with Crippen LogP contribution in [0.1, 0.15) is 38.3 Å². The fourth-order valence-electron chi connectivity index (χ4n) is 1.88. The number of hydrogen-bond acceptors (Lipinski definition) is 4. The van der Waals surface area contributed by atoms with Crippen LogP contribution >= 0.6 is 0 Å². The lowest BCUT2D eigenvalue weighted by Crippen LogP contribution is -2.31. The van der Waals surface area contributed by atoms with Gasteiger partial charge < -0.3 is 9.47 Å². The lowest BCUT2D eigenvalue weighted by atomic mass is 9.95. The van der Waals surface area contributed by atoms with E-state index in [1.54, 1.807) is 14.2 Å². The van der Waals surface area contributed by atoms with Gasteiger partial charge in [0.15, 0.2) is 0 Å². The Bertz CT molecular complexity index is 367. The van der Waals surface area contributed by atoms with E-state index in [0.717, 1.165) is 24.2 Å². The molecule has 1 unspecified atom stereocenters. The molecule has 3 N–H and O–H groups in total. The molecular weight excluding hydrogens is 228 g/mol. The first-order valence-corrected chi connectivity index (χ1v) is 6.18. The van der Waals surface area contributed by atoms with E-state index in [1.807, 2.05) is 24.3 Å². The highest BCUT2D eigenvalue weighted by Crippen LogP contribution is 2.29. The molecule has 0 aliphatic rings. The Morgan fingerprint density at radius 1 is 1.28 bits per heavy atom. The van der Waals surface area contributed by atoms with Gasteiger partial charge in [-0.25, -0.2) is 0 Å². The maximum absolute atomic E-state index is 5.65. The number of benzene rings is 1. The van der Waals surface area contributed by atoms with E-state index in [9.17, 15) is 0 Å². The smallest absolute Gasteiger partial charge is 0.123 e. The van der Waals surface area contributed by atoms with Gasteiger partial charge in [0.2, 0.25) is 0 Å². The Balaban J connectivity index is 2.77. The molecule has 0 aliphatic carbocycles. The normalized spacial score (nSPS) is 13.4. The minimum Gasteiger partial charge on any atom is -0.496 e. The first-order chi connectivity index (χ1) is 8.54. The third-order valence-corrected chi connectivity index (χ3v) is 3.30. The predicted octanol–water partition coefficient (Wildman–Crippen LogP) is 2.40. The molecule has 0 fully saturated rings. The maximum atomic E-state index is 5.65. The van der Waals surface area contributed by atoms with Crippen LogP contribution in [0.25, 0.3) is 0 Å². The lowest BCUT2D eigenvalue weighted by Gasteiger charge is -2.26. The molecule has 0 saturated carbocycles. The monoisotopic (exact) mass is 252 g/mol. The second-order valence-electron chi connectivity index (χ2n) is 4.96. The Hall–Kier alpha value is -1.10. The van der Waals surface area contributed by atoms with E-state index in [4.69, 9.17) is 15.3 Å². The van der Waals surface area contributed by atoms with Crippen LogP contribution in [0, 0.1) is 0 Å². The van der Waals surface area contributed by atoms with Gasteiger partial charge in [0.1, 0.15) is 5.75 Å². The summed E-state index contributed by atoms with van der Waals surface area (Å²) in [6, 6.07) is 7.98. The minimum atomic E-state index is -0.142. The van der Waals surface area contributed by atoms with Crippen LogP contribution in [-0.2, 0) is 4.74 Å². The van der Waals surface area contributed by atoms with Crippen molar-refractivity contribution in [1.29, 1.82) is 0 Å². The third-order valence-electron chi connectivity index (χ3n) is 3.30. The number of para-hydroxylation sites is 1. The fraction of sp³-hybridized carbons (Fsp3) is 0.571. The number of methoxy groups -OCH3 is 2. The molecule has 18 heavy (non-hydrogen) atoms. The molecule has 0 spiro atoms. The first kappa shape index (κ1) is 15.0. The molecule has 0 aromatic heterocycles. The van der Waals surface area contributed by atoms with Gasteiger partial charge in [0.25, 0.3) is 0 Å². The van der Waals surface area contributed by atoms with Crippen LogP contribution in [0.3, 0.4) is 0 Å². The van der Waals surface area contributed by atoms with Gasteiger partial charge in [-0.3, -0.25) is 11.3 Å². The van der Waals surface area contributed by atoms with Crippen LogP contribution in [-0.4, -0.2) is 19.8 Å². The number of hydrazine groups is 1. The summed E-state index contributed by atoms with van der Waals surface area (Å²) in [5.41, 5.74) is 3.79. The fourth-order valence-corrected chi connectivity index (χ4v) is 1.88. The lowest BCUT2D eigenvalue weighted by molar-refractivity contribution is 0.0116. The molecule has 1 atom stereocenters. The molecule has 1 rings (SSSR count). The van der Waals surface area contributed by atoms with Gasteiger partial charge in [-0.1, -0.05) is 18.2 Å². The summed E-state index contributed by atoms with van der Waals surface area (Å²) in [6.45, 7) is 4.14. The van der Waals surface area contributed by atoms with Crippen molar-refractivity contribution >= 4 is 0 Å². The Morgan fingerprint density at radius 2 is 1.94 bits per heavy atom.